The van der Waals surface area contributed by atoms with Gasteiger partial charge >= 0.3 is 0 Å². The van der Waals surface area contributed by atoms with E-state index in [2.05, 4.69) is 5.16 Å². The summed E-state index contributed by atoms with van der Waals surface area (Å²) in [5, 5.41) is 13.9. The summed E-state index contributed by atoms with van der Waals surface area (Å²) < 4.78 is 24.0. The number of aryl methyl sites for hydroxylation is 1. The summed E-state index contributed by atoms with van der Waals surface area (Å²) >= 11 is 0. The Morgan fingerprint density at radius 1 is 1.18 bits per heavy atom. The van der Waals surface area contributed by atoms with Crippen LogP contribution < -0.4 is 4.74 Å². The molecule has 0 aliphatic heterocycles. The Bertz CT molecular complexity index is 780. The van der Waals surface area contributed by atoms with Crippen molar-refractivity contribution in [1.29, 1.82) is 0 Å². The van der Waals surface area contributed by atoms with Gasteiger partial charge in [0, 0.05) is 24.0 Å². The second kappa shape index (κ2) is 6.15. The van der Waals surface area contributed by atoms with E-state index >= 15 is 0 Å². The molecule has 0 amide bonds. The first-order chi connectivity index (χ1) is 10.7. The minimum atomic E-state index is -0.264. The van der Waals surface area contributed by atoms with Crippen LogP contribution in [0.4, 0.5) is 4.39 Å². The summed E-state index contributed by atoms with van der Waals surface area (Å²) in [4.78, 5) is 0. The molecule has 0 fully saturated rings. The number of halogens is 1. The van der Waals surface area contributed by atoms with E-state index in [9.17, 15) is 4.39 Å². The summed E-state index contributed by atoms with van der Waals surface area (Å²) in [7, 11) is 0. The van der Waals surface area contributed by atoms with Gasteiger partial charge in [0.25, 0.3) is 0 Å². The molecule has 0 atom stereocenters. The Balaban J connectivity index is 1.82. The first kappa shape index (κ1) is 14.5. The molecule has 5 heteroatoms. The Labute approximate surface area is 127 Å². The van der Waals surface area contributed by atoms with Gasteiger partial charge in [-0.2, -0.15) is 0 Å². The molecular weight excluding hydrogens is 285 g/mol. The molecule has 0 unspecified atom stereocenters. The first-order valence-electron chi connectivity index (χ1n) is 7.05. The summed E-state index contributed by atoms with van der Waals surface area (Å²) in [5.41, 5.74) is 3.15. The lowest BCUT2D eigenvalue weighted by Gasteiger charge is -2.09. The fraction of sp³-hybridized carbons (Fsp3) is 0.235. The summed E-state index contributed by atoms with van der Waals surface area (Å²) in [6.07, 6.45) is 0.461. The molecule has 1 heterocycles. The zero-order valence-corrected chi connectivity index (χ0v) is 12.2. The van der Waals surface area contributed by atoms with Crippen molar-refractivity contribution in [2.75, 3.05) is 6.61 Å². The van der Waals surface area contributed by atoms with Gasteiger partial charge in [0.2, 0.25) is 0 Å². The average molecular weight is 301 g/mol. The number of fused-ring (bicyclic) bond motifs is 1. The van der Waals surface area contributed by atoms with Crippen molar-refractivity contribution in [2.45, 2.75) is 20.0 Å². The SMILES string of the molecule is Cc1c(OCc2ccc(F)cc2)ccc2c(CCO)noc12. The highest BCUT2D eigenvalue weighted by molar-refractivity contribution is 5.84. The summed E-state index contributed by atoms with van der Waals surface area (Å²) in [6.45, 7) is 2.28. The largest absolute Gasteiger partial charge is 0.488 e. The number of hydrogen-bond donors (Lipinski definition) is 1. The van der Waals surface area contributed by atoms with Crippen LogP contribution in [0.1, 0.15) is 16.8 Å². The Kier molecular flexibility index (Phi) is 4.06. The molecule has 3 aromatic rings. The first-order valence-corrected chi connectivity index (χ1v) is 7.05. The second-order valence-corrected chi connectivity index (χ2v) is 5.08. The van der Waals surface area contributed by atoms with Crippen LogP contribution in [-0.4, -0.2) is 16.9 Å². The van der Waals surface area contributed by atoms with Gasteiger partial charge in [-0.05, 0) is 36.8 Å². The lowest BCUT2D eigenvalue weighted by molar-refractivity contribution is 0.295. The molecule has 114 valence electrons. The van der Waals surface area contributed by atoms with E-state index in [4.69, 9.17) is 14.4 Å². The van der Waals surface area contributed by atoms with E-state index in [0.29, 0.717) is 24.4 Å². The minimum Gasteiger partial charge on any atom is -0.488 e. The zero-order valence-electron chi connectivity index (χ0n) is 12.2. The number of rotatable bonds is 5. The van der Waals surface area contributed by atoms with Crippen LogP contribution in [0.15, 0.2) is 40.9 Å². The van der Waals surface area contributed by atoms with Gasteiger partial charge in [-0.1, -0.05) is 17.3 Å². The lowest BCUT2D eigenvalue weighted by Crippen LogP contribution is -1.97. The predicted octanol–water partition coefficient (Wildman–Crippen LogP) is 3.39. The standard InChI is InChI=1S/C17H16FNO3/c1-11-16(21-10-12-2-4-13(18)5-3-12)7-6-14-15(8-9-20)19-22-17(11)14/h2-7,20H,8-10H2,1H3. The number of aliphatic hydroxyl groups excluding tert-OH is 1. The van der Waals surface area contributed by atoms with Gasteiger partial charge in [0.05, 0.1) is 5.69 Å². The Hall–Kier alpha value is -2.40. The molecule has 4 nitrogen and oxygen atoms in total. The van der Waals surface area contributed by atoms with Crippen molar-refractivity contribution >= 4 is 11.0 Å². The number of hydrogen-bond acceptors (Lipinski definition) is 4. The van der Waals surface area contributed by atoms with Crippen molar-refractivity contribution in [2.24, 2.45) is 0 Å². The van der Waals surface area contributed by atoms with Crippen LogP contribution in [0.2, 0.25) is 0 Å². The molecule has 0 saturated heterocycles. The van der Waals surface area contributed by atoms with Gasteiger partial charge in [-0.3, -0.25) is 0 Å². The number of ether oxygens (including phenoxy) is 1. The maximum atomic E-state index is 12.9. The normalized spacial score (nSPS) is 11.0. The highest BCUT2D eigenvalue weighted by Gasteiger charge is 2.13. The van der Waals surface area contributed by atoms with Crippen LogP contribution in [-0.2, 0) is 13.0 Å². The zero-order chi connectivity index (χ0) is 15.5. The van der Waals surface area contributed by atoms with E-state index < -0.39 is 0 Å². The van der Waals surface area contributed by atoms with Gasteiger partial charge in [-0.15, -0.1) is 0 Å². The lowest BCUT2D eigenvalue weighted by atomic mass is 10.1. The van der Waals surface area contributed by atoms with E-state index in [1.807, 2.05) is 19.1 Å². The van der Waals surface area contributed by atoms with E-state index in [-0.39, 0.29) is 12.4 Å². The second-order valence-electron chi connectivity index (χ2n) is 5.08. The van der Waals surface area contributed by atoms with Gasteiger partial charge in [0.15, 0.2) is 5.58 Å². The van der Waals surface area contributed by atoms with Gasteiger partial charge < -0.3 is 14.4 Å². The van der Waals surface area contributed by atoms with Crippen LogP contribution in [0.25, 0.3) is 11.0 Å². The third kappa shape index (κ3) is 2.80. The molecule has 22 heavy (non-hydrogen) atoms. The van der Waals surface area contributed by atoms with Crippen molar-refractivity contribution in [3.05, 3.63) is 59.0 Å². The van der Waals surface area contributed by atoms with Crippen LogP contribution in [0.5, 0.6) is 5.75 Å². The minimum absolute atomic E-state index is 0.0312. The van der Waals surface area contributed by atoms with Crippen LogP contribution in [0.3, 0.4) is 0 Å². The third-order valence-corrected chi connectivity index (χ3v) is 3.57. The molecule has 0 bridgehead atoms. The Morgan fingerprint density at radius 2 is 1.95 bits per heavy atom. The highest BCUT2D eigenvalue weighted by atomic mass is 19.1. The molecule has 0 aliphatic carbocycles. The molecular formula is C17H16FNO3. The van der Waals surface area contributed by atoms with E-state index in [1.165, 1.54) is 12.1 Å². The van der Waals surface area contributed by atoms with Crippen molar-refractivity contribution in [3.8, 4) is 5.75 Å². The number of aliphatic hydroxyl groups is 1. The maximum Gasteiger partial charge on any atom is 0.173 e. The molecule has 0 saturated carbocycles. The number of nitrogens with zero attached hydrogens (tertiary/aromatic N) is 1. The maximum absolute atomic E-state index is 12.9. The molecule has 3 rings (SSSR count). The fourth-order valence-corrected chi connectivity index (χ4v) is 2.35. The van der Waals surface area contributed by atoms with Crippen molar-refractivity contribution in [3.63, 3.8) is 0 Å². The fourth-order valence-electron chi connectivity index (χ4n) is 2.35. The number of benzene rings is 2. The summed E-state index contributed by atoms with van der Waals surface area (Å²) in [5.74, 6) is 0.433. The van der Waals surface area contributed by atoms with Crippen molar-refractivity contribution < 1.29 is 18.8 Å². The molecule has 2 aromatic carbocycles. The highest BCUT2D eigenvalue weighted by Crippen LogP contribution is 2.30. The molecule has 0 spiro atoms. The molecule has 0 radical (unpaired) electrons. The summed E-state index contributed by atoms with van der Waals surface area (Å²) in [6, 6.07) is 9.94. The third-order valence-electron chi connectivity index (χ3n) is 3.57. The molecule has 1 N–H and O–H groups in total. The van der Waals surface area contributed by atoms with E-state index in [0.717, 1.165) is 22.2 Å². The average Bonchev–Trinajstić information content (AvgIpc) is 2.93. The molecule has 0 aliphatic rings. The quantitative estimate of drug-likeness (QED) is 0.785. The van der Waals surface area contributed by atoms with Crippen molar-refractivity contribution in [1.82, 2.24) is 5.16 Å². The van der Waals surface area contributed by atoms with Gasteiger partial charge in [-0.25, -0.2) is 4.39 Å². The smallest absolute Gasteiger partial charge is 0.173 e. The Morgan fingerprint density at radius 3 is 2.68 bits per heavy atom. The van der Waals surface area contributed by atoms with Crippen LogP contribution in [0, 0.1) is 12.7 Å². The topological polar surface area (TPSA) is 55.5 Å². The van der Waals surface area contributed by atoms with Gasteiger partial charge in [0.1, 0.15) is 18.2 Å². The van der Waals surface area contributed by atoms with E-state index in [1.54, 1.807) is 12.1 Å². The molecule has 1 aromatic heterocycles. The van der Waals surface area contributed by atoms with Crippen LogP contribution >= 0.6 is 0 Å². The monoisotopic (exact) mass is 301 g/mol. The number of aromatic nitrogens is 1. The predicted molar refractivity (Wildman–Crippen MR) is 80.3 cm³/mol.